The van der Waals surface area contributed by atoms with Gasteiger partial charge in [0.2, 0.25) is 5.83 Å². The highest BCUT2D eigenvalue weighted by Crippen LogP contribution is 2.48. The molecule has 0 nitrogen and oxygen atoms in total. The van der Waals surface area contributed by atoms with Crippen molar-refractivity contribution in [2.45, 2.75) is 45.0 Å². The van der Waals surface area contributed by atoms with Crippen molar-refractivity contribution in [1.82, 2.24) is 0 Å². The zero-order chi connectivity index (χ0) is 12.3. The van der Waals surface area contributed by atoms with Crippen LogP contribution in [0.4, 0.5) is 22.0 Å². The minimum absolute atomic E-state index is 0.306. The van der Waals surface area contributed by atoms with Crippen LogP contribution in [0.1, 0.15) is 39.0 Å². The van der Waals surface area contributed by atoms with E-state index >= 15 is 0 Å². The number of alkyl halides is 2. The normalized spacial score (nSPS) is 19.9. The van der Waals surface area contributed by atoms with Gasteiger partial charge in [0.25, 0.3) is 0 Å². The van der Waals surface area contributed by atoms with Crippen LogP contribution >= 0.6 is 0 Å². The summed E-state index contributed by atoms with van der Waals surface area (Å²) in [7, 11) is 0. The van der Waals surface area contributed by atoms with Crippen LogP contribution in [0.15, 0.2) is 23.1 Å². The summed E-state index contributed by atoms with van der Waals surface area (Å²) in [5.74, 6) is -10.2. The van der Waals surface area contributed by atoms with Gasteiger partial charge in [-0.05, 0) is 12.8 Å². The summed E-state index contributed by atoms with van der Waals surface area (Å²) in [6.07, 6.45) is 2.39. The summed E-state index contributed by atoms with van der Waals surface area (Å²) in [6, 6.07) is 0. The first kappa shape index (κ1) is 13.2. The molecule has 0 aromatic carbocycles. The Morgan fingerprint density at radius 2 is 1.56 bits per heavy atom. The Balaban J connectivity index is 2.68. The molecule has 0 unspecified atom stereocenters. The summed E-state index contributed by atoms with van der Waals surface area (Å²) in [5, 5.41) is 0. The Morgan fingerprint density at radius 3 is 2.00 bits per heavy atom. The lowest BCUT2D eigenvalue weighted by atomic mass is 10.0. The topological polar surface area (TPSA) is 0 Å². The van der Waals surface area contributed by atoms with Crippen LogP contribution in [0.3, 0.4) is 0 Å². The third-order valence-electron chi connectivity index (χ3n) is 2.59. The molecule has 5 heteroatoms. The zero-order valence-electron chi connectivity index (χ0n) is 8.93. The first-order valence-electron chi connectivity index (χ1n) is 5.26. The lowest BCUT2D eigenvalue weighted by Gasteiger charge is -2.12. The molecule has 0 atom stereocenters. The molecular weight excluding hydrogens is 227 g/mol. The SMILES string of the molecule is CCCCCCC1=C(F)C(F)=C(F)C1(F)F. The first-order chi connectivity index (χ1) is 7.42. The predicted molar refractivity (Wildman–Crippen MR) is 51.1 cm³/mol. The van der Waals surface area contributed by atoms with Gasteiger partial charge in [0.1, 0.15) is 0 Å². The highest BCUT2D eigenvalue weighted by molar-refractivity contribution is 5.44. The highest BCUT2D eigenvalue weighted by atomic mass is 19.3. The second-order valence-electron chi connectivity index (χ2n) is 3.81. The Hall–Kier alpha value is -0.870. The molecule has 0 bridgehead atoms. The van der Waals surface area contributed by atoms with Gasteiger partial charge in [-0.15, -0.1) is 0 Å². The van der Waals surface area contributed by atoms with Gasteiger partial charge in [0.05, 0.1) is 0 Å². The van der Waals surface area contributed by atoms with Crippen molar-refractivity contribution in [2.75, 3.05) is 0 Å². The molecule has 16 heavy (non-hydrogen) atoms. The summed E-state index contributed by atoms with van der Waals surface area (Å²) in [5.41, 5.74) is -1.06. The molecule has 0 saturated carbocycles. The van der Waals surface area contributed by atoms with Gasteiger partial charge >= 0.3 is 5.92 Å². The fourth-order valence-corrected chi connectivity index (χ4v) is 1.63. The van der Waals surface area contributed by atoms with Crippen molar-refractivity contribution >= 4 is 0 Å². The van der Waals surface area contributed by atoms with E-state index in [4.69, 9.17) is 0 Å². The molecule has 0 aromatic heterocycles. The van der Waals surface area contributed by atoms with E-state index < -0.39 is 29.0 Å². The lowest BCUT2D eigenvalue weighted by Crippen LogP contribution is -2.17. The molecule has 1 rings (SSSR count). The second-order valence-corrected chi connectivity index (χ2v) is 3.81. The maximum atomic E-state index is 13.0. The van der Waals surface area contributed by atoms with Crippen molar-refractivity contribution in [3.05, 3.63) is 23.1 Å². The van der Waals surface area contributed by atoms with Crippen molar-refractivity contribution < 1.29 is 22.0 Å². The van der Waals surface area contributed by atoms with Crippen molar-refractivity contribution in [2.24, 2.45) is 0 Å². The molecule has 0 spiro atoms. The number of hydrogen-bond acceptors (Lipinski definition) is 0. The molecule has 0 fully saturated rings. The average Bonchev–Trinajstić information content (AvgIpc) is 2.38. The third kappa shape index (κ3) is 2.28. The van der Waals surface area contributed by atoms with Gasteiger partial charge in [0.15, 0.2) is 11.7 Å². The number of allylic oxidation sites excluding steroid dienone is 4. The smallest absolute Gasteiger partial charge is 0.203 e. The van der Waals surface area contributed by atoms with Crippen LogP contribution in [0, 0.1) is 0 Å². The maximum absolute atomic E-state index is 13.0. The molecule has 0 amide bonds. The average molecular weight is 240 g/mol. The monoisotopic (exact) mass is 240 g/mol. The van der Waals surface area contributed by atoms with Crippen molar-refractivity contribution in [3.63, 3.8) is 0 Å². The summed E-state index contributed by atoms with van der Waals surface area (Å²) >= 11 is 0. The van der Waals surface area contributed by atoms with Gasteiger partial charge in [-0.2, -0.15) is 8.78 Å². The van der Waals surface area contributed by atoms with E-state index in [0.29, 0.717) is 12.8 Å². The lowest BCUT2D eigenvalue weighted by molar-refractivity contribution is 0.0550. The minimum Gasteiger partial charge on any atom is -0.203 e. The molecule has 0 aromatic rings. The minimum atomic E-state index is -4.10. The van der Waals surface area contributed by atoms with Crippen LogP contribution in [-0.4, -0.2) is 5.92 Å². The Kier molecular flexibility index (Phi) is 4.10. The van der Waals surface area contributed by atoms with Crippen LogP contribution < -0.4 is 0 Å². The fourth-order valence-electron chi connectivity index (χ4n) is 1.63. The van der Waals surface area contributed by atoms with E-state index in [1.165, 1.54) is 0 Å². The molecule has 1 aliphatic carbocycles. The van der Waals surface area contributed by atoms with Crippen molar-refractivity contribution in [3.8, 4) is 0 Å². The van der Waals surface area contributed by atoms with E-state index in [0.717, 1.165) is 12.8 Å². The highest BCUT2D eigenvalue weighted by Gasteiger charge is 2.50. The maximum Gasteiger partial charge on any atom is 0.326 e. The van der Waals surface area contributed by atoms with E-state index in [1.807, 2.05) is 6.92 Å². The van der Waals surface area contributed by atoms with Gasteiger partial charge in [0, 0.05) is 5.57 Å². The van der Waals surface area contributed by atoms with E-state index in [-0.39, 0.29) is 6.42 Å². The van der Waals surface area contributed by atoms with E-state index in [2.05, 4.69) is 0 Å². The molecular formula is C11H13F5. The molecule has 0 saturated heterocycles. The van der Waals surface area contributed by atoms with Crippen LogP contribution in [0.2, 0.25) is 0 Å². The molecule has 0 radical (unpaired) electrons. The standard InChI is InChI=1S/C11H13F5/c1-2-3-4-5-6-7-8(12)9(13)10(14)11(7,15)16/h2-6H2,1H3. The second kappa shape index (κ2) is 4.97. The van der Waals surface area contributed by atoms with Crippen LogP contribution in [-0.2, 0) is 0 Å². The molecule has 0 heterocycles. The van der Waals surface area contributed by atoms with Gasteiger partial charge in [-0.25, -0.2) is 13.2 Å². The van der Waals surface area contributed by atoms with Crippen molar-refractivity contribution in [1.29, 1.82) is 0 Å². The number of unbranched alkanes of at least 4 members (excludes halogenated alkanes) is 3. The van der Waals surface area contributed by atoms with Gasteiger partial charge in [-0.1, -0.05) is 26.2 Å². The first-order valence-corrected chi connectivity index (χ1v) is 5.26. The quantitative estimate of drug-likeness (QED) is 0.469. The largest absolute Gasteiger partial charge is 0.326 e. The molecule has 1 aliphatic rings. The van der Waals surface area contributed by atoms with E-state index in [9.17, 15) is 22.0 Å². The molecule has 0 N–H and O–H groups in total. The summed E-state index contributed by atoms with van der Waals surface area (Å²) in [4.78, 5) is 0. The van der Waals surface area contributed by atoms with Crippen LogP contribution in [0.25, 0.3) is 0 Å². The number of halogens is 5. The third-order valence-corrected chi connectivity index (χ3v) is 2.59. The number of hydrogen-bond donors (Lipinski definition) is 0. The van der Waals surface area contributed by atoms with Gasteiger partial charge in [-0.3, -0.25) is 0 Å². The Labute approximate surface area is 90.8 Å². The van der Waals surface area contributed by atoms with Crippen LogP contribution in [0.5, 0.6) is 0 Å². The summed E-state index contributed by atoms with van der Waals surface area (Å²) < 4.78 is 64.3. The summed E-state index contributed by atoms with van der Waals surface area (Å²) in [6.45, 7) is 1.94. The fraction of sp³-hybridized carbons (Fsp3) is 0.636. The van der Waals surface area contributed by atoms with Gasteiger partial charge < -0.3 is 0 Å². The van der Waals surface area contributed by atoms with E-state index in [1.54, 1.807) is 0 Å². The Morgan fingerprint density at radius 1 is 0.938 bits per heavy atom. The number of rotatable bonds is 5. The Bertz CT molecular complexity index is 327. The predicted octanol–water partition coefficient (Wildman–Crippen LogP) is 4.98. The zero-order valence-corrected chi connectivity index (χ0v) is 8.93. The molecule has 0 aliphatic heterocycles. The molecule has 92 valence electrons.